The van der Waals surface area contributed by atoms with Gasteiger partial charge >= 0.3 is 92.7 Å². The van der Waals surface area contributed by atoms with Gasteiger partial charge in [0.25, 0.3) is 0 Å². The molecule has 0 radical (unpaired) electrons. The van der Waals surface area contributed by atoms with Crippen LogP contribution < -0.4 is 0 Å². The van der Waals surface area contributed by atoms with Crippen LogP contribution in [0.5, 0.6) is 0 Å². The van der Waals surface area contributed by atoms with Crippen LogP contribution in [0.3, 0.4) is 0 Å². The van der Waals surface area contributed by atoms with Crippen molar-refractivity contribution in [3.05, 3.63) is 0 Å². The van der Waals surface area contributed by atoms with Crippen molar-refractivity contribution in [2.24, 2.45) is 0 Å². The van der Waals surface area contributed by atoms with Crippen LogP contribution in [0.2, 0.25) is 5.21 Å². The van der Waals surface area contributed by atoms with E-state index in [4.69, 9.17) is 0 Å². The van der Waals surface area contributed by atoms with Gasteiger partial charge in [-0.3, -0.25) is 0 Å². The van der Waals surface area contributed by atoms with E-state index in [-0.39, 0.29) is 0 Å². The standard InChI is InChI=1S/C24H51As/c1-2-3-4-5-6-7-8-9-10-11-12-13-14-15-16-17-18-19-20-21-22-23-24-25/h2-25H2,1H3. The molecule has 0 aromatic carbocycles. The zero-order valence-electron chi connectivity index (χ0n) is 17.8. The number of unbranched alkanes of at least 4 members (excludes halogenated alkanes) is 21. The first-order valence-corrected chi connectivity index (χ1v) is 13.8. The second-order valence-corrected chi connectivity index (χ2v) is 9.42. The van der Waals surface area contributed by atoms with E-state index in [2.05, 4.69) is 6.92 Å². The van der Waals surface area contributed by atoms with Crippen LogP contribution in [0.1, 0.15) is 148 Å². The van der Waals surface area contributed by atoms with Crippen molar-refractivity contribution in [2.75, 3.05) is 0 Å². The average Bonchev–Trinajstić information content (AvgIpc) is 2.63. The monoisotopic (exact) mass is 414 g/mol. The van der Waals surface area contributed by atoms with Crippen LogP contribution >= 0.6 is 0 Å². The molecule has 0 aromatic rings. The summed E-state index contributed by atoms with van der Waals surface area (Å²) in [6, 6.07) is 0. The van der Waals surface area contributed by atoms with Gasteiger partial charge in [0.2, 0.25) is 0 Å². The molecule has 0 aliphatic carbocycles. The van der Waals surface area contributed by atoms with Crippen LogP contribution in [0, 0.1) is 0 Å². The fraction of sp³-hybridized carbons (Fsp3) is 1.00. The summed E-state index contributed by atoms with van der Waals surface area (Å²) >= 11 is 1.90. The van der Waals surface area contributed by atoms with Gasteiger partial charge in [-0.1, -0.05) is 77.6 Å². The van der Waals surface area contributed by atoms with Crippen molar-refractivity contribution in [1.29, 1.82) is 0 Å². The van der Waals surface area contributed by atoms with Crippen LogP contribution in [0.15, 0.2) is 0 Å². The fourth-order valence-corrected chi connectivity index (χ4v) is 4.36. The molecule has 0 amide bonds. The Bertz CT molecular complexity index is 192. The third kappa shape index (κ3) is 24.6. The van der Waals surface area contributed by atoms with Crippen molar-refractivity contribution in [1.82, 2.24) is 0 Å². The quantitative estimate of drug-likeness (QED) is 0.123. The fourth-order valence-electron chi connectivity index (χ4n) is 3.75. The molecule has 0 saturated carbocycles. The van der Waals surface area contributed by atoms with E-state index >= 15 is 0 Å². The minimum absolute atomic E-state index is 1.37. The normalized spacial score (nSPS) is 11.3. The predicted molar refractivity (Wildman–Crippen MR) is 121 cm³/mol. The van der Waals surface area contributed by atoms with Gasteiger partial charge in [-0.2, -0.15) is 0 Å². The van der Waals surface area contributed by atoms with Crippen LogP contribution in [-0.2, 0) is 0 Å². The summed E-state index contributed by atoms with van der Waals surface area (Å²) < 4.78 is 0. The molecule has 1 atom stereocenters. The summed E-state index contributed by atoms with van der Waals surface area (Å²) in [6.07, 6.45) is 32.6. The van der Waals surface area contributed by atoms with Gasteiger partial charge in [0, 0.05) is 0 Å². The summed E-state index contributed by atoms with van der Waals surface area (Å²) in [6.45, 7) is 2.30. The Balaban J connectivity index is 2.94. The van der Waals surface area contributed by atoms with E-state index in [9.17, 15) is 0 Å². The summed E-state index contributed by atoms with van der Waals surface area (Å²) in [4.78, 5) is 0. The molecular weight excluding hydrogens is 363 g/mol. The summed E-state index contributed by atoms with van der Waals surface area (Å²) in [5.74, 6) is 0. The zero-order valence-corrected chi connectivity index (χ0v) is 20.3. The zero-order chi connectivity index (χ0) is 18.3. The minimum atomic E-state index is 1.37. The van der Waals surface area contributed by atoms with Crippen LogP contribution in [0.25, 0.3) is 0 Å². The van der Waals surface area contributed by atoms with Gasteiger partial charge < -0.3 is 0 Å². The molecule has 0 heterocycles. The molecule has 152 valence electrons. The molecule has 0 aliphatic heterocycles. The third-order valence-corrected chi connectivity index (χ3v) is 6.41. The van der Waals surface area contributed by atoms with Gasteiger partial charge in [0.15, 0.2) is 0 Å². The summed E-state index contributed by atoms with van der Waals surface area (Å²) in [5, 5.41) is 1.44. The molecule has 25 heavy (non-hydrogen) atoms. The molecule has 0 spiro atoms. The maximum absolute atomic E-state index is 2.30. The molecule has 0 saturated heterocycles. The van der Waals surface area contributed by atoms with Crippen molar-refractivity contribution in [2.45, 2.75) is 153 Å². The topological polar surface area (TPSA) is 0 Å². The number of rotatable bonds is 22. The first-order chi connectivity index (χ1) is 12.4. The number of hydrogen-bond acceptors (Lipinski definition) is 0. The van der Waals surface area contributed by atoms with Crippen molar-refractivity contribution in [3.63, 3.8) is 0 Å². The van der Waals surface area contributed by atoms with Crippen molar-refractivity contribution >= 4 is 16.9 Å². The number of hydrogen-bond donors (Lipinski definition) is 0. The van der Waals surface area contributed by atoms with Gasteiger partial charge in [-0.05, 0) is 0 Å². The van der Waals surface area contributed by atoms with Crippen LogP contribution in [0.4, 0.5) is 0 Å². The molecule has 0 nitrogen and oxygen atoms in total. The average molecular weight is 415 g/mol. The van der Waals surface area contributed by atoms with Gasteiger partial charge in [-0.15, -0.1) is 0 Å². The Morgan fingerprint density at radius 1 is 0.320 bits per heavy atom. The molecule has 0 bridgehead atoms. The Morgan fingerprint density at radius 2 is 0.520 bits per heavy atom. The van der Waals surface area contributed by atoms with E-state index in [0.29, 0.717) is 0 Å². The van der Waals surface area contributed by atoms with Gasteiger partial charge in [-0.25, -0.2) is 0 Å². The Labute approximate surface area is 170 Å². The van der Waals surface area contributed by atoms with E-state index < -0.39 is 0 Å². The van der Waals surface area contributed by atoms with Gasteiger partial charge in [0.05, 0.1) is 0 Å². The van der Waals surface area contributed by atoms with E-state index in [0.717, 1.165) is 0 Å². The Kier molecular flexibility index (Phi) is 25.1. The predicted octanol–water partition coefficient (Wildman–Crippen LogP) is 8.64. The first-order valence-electron chi connectivity index (χ1n) is 12.1. The third-order valence-electron chi connectivity index (χ3n) is 5.56. The molecule has 0 fully saturated rings. The second-order valence-electron chi connectivity index (χ2n) is 8.21. The Morgan fingerprint density at radius 3 is 0.720 bits per heavy atom. The molecular formula is C24H51As. The first kappa shape index (κ1) is 25.6. The van der Waals surface area contributed by atoms with Crippen molar-refractivity contribution in [3.8, 4) is 0 Å². The van der Waals surface area contributed by atoms with Crippen LogP contribution in [-0.4, -0.2) is 16.9 Å². The molecule has 0 rings (SSSR count). The molecule has 0 N–H and O–H groups in total. The second kappa shape index (κ2) is 24.6. The SMILES string of the molecule is CCCCCCCCCCCCCCCCCCCCCCCC[AsH2]. The molecule has 1 heteroatoms. The van der Waals surface area contributed by atoms with E-state index in [1.165, 1.54) is 146 Å². The molecule has 1 unspecified atom stereocenters. The molecule has 0 aromatic heterocycles. The summed E-state index contributed by atoms with van der Waals surface area (Å²) in [5.41, 5.74) is 0. The maximum atomic E-state index is 2.30. The van der Waals surface area contributed by atoms with E-state index in [1.807, 2.05) is 16.9 Å². The van der Waals surface area contributed by atoms with Gasteiger partial charge in [0.1, 0.15) is 0 Å². The Hall–Kier alpha value is 0.558. The van der Waals surface area contributed by atoms with Crippen molar-refractivity contribution < 1.29 is 0 Å². The molecule has 0 aliphatic rings. The van der Waals surface area contributed by atoms with E-state index in [1.54, 1.807) is 0 Å². The summed E-state index contributed by atoms with van der Waals surface area (Å²) in [7, 11) is 0.